The summed E-state index contributed by atoms with van der Waals surface area (Å²) in [7, 11) is 0. The summed E-state index contributed by atoms with van der Waals surface area (Å²) in [4.78, 5) is 19.1. The number of aromatic nitrogens is 1. The topological polar surface area (TPSA) is 103 Å². The van der Waals surface area contributed by atoms with Gasteiger partial charge < -0.3 is 14.5 Å². The van der Waals surface area contributed by atoms with E-state index in [0.717, 1.165) is 5.39 Å². The van der Waals surface area contributed by atoms with Gasteiger partial charge in [0.15, 0.2) is 0 Å². The summed E-state index contributed by atoms with van der Waals surface area (Å²) >= 11 is 6.17. The molecule has 114 valence electrons. The number of aromatic hydroxyl groups is 1. The first-order valence-electron chi connectivity index (χ1n) is 6.57. The van der Waals surface area contributed by atoms with Crippen LogP contribution in [0.25, 0.3) is 21.7 Å². The van der Waals surface area contributed by atoms with Crippen LogP contribution in [0.5, 0.6) is 5.88 Å². The zero-order valence-corrected chi connectivity index (χ0v) is 13.1. The standard InChI is InChI=1S/C14H8N4O3S2/c19-11-10-9(6-3-1-2-4-7(6)21-13(10)20)12(17-11)23-8-5-15-18-14(22)16-8/h1-4,17,19H,5H2. The Morgan fingerprint density at radius 1 is 1.30 bits per heavy atom. The van der Waals surface area contributed by atoms with Crippen molar-refractivity contribution in [2.45, 2.75) is 5.03 Å². The van der Waals surface area contributed by atoms with Crippen molar-refractivity contribution < 1.29 is 9.52 Å². The van der Waals surface area contributed by atoms with Crippen molar-refractivity contribution in [1.82, 2.24) is 4.98 Å². The van der Waals surface area contributed by atoms with Crippen LogP contribution in [-0.4, -0.2) is 26.8 Å². The van der Waals surface area contributed by atoms with Crippen molar-refractivity contribution in [1.29, 1.82) is 0 Å². The lowest BCUT2D eigenvalue weighted by Gasteiger charge is -2.05. The van der Waals surface area contributed by atoms with E-state index >= 15 is 0 Å². The Morgan fingerprint density at radius 3 is 2.96 bits per heavy atom. The van der Waals surface area contributed by atoms with Gasteiger partial charge in [-0.25, -0.2) is 9.79 Å². The molecule has 2 N–H and O–H groups in total. The minimum absolute atomic E-state index is 0.117. The SMILES string of the molecule is O=c1oc2ccccc2c2c(SC3=NC(=S)N=NC3)[nH]c(O)c12. The summed E-state index contributed by atoms with van der Waals surface area (Å²) in [5.41, 5.74) is -0.147. The summed E-state index contributed by atoms with van der Waals surface area (Å²) in [6.07, 6.45) is 0. The second-order valence-corrected chi connectivity index (χ2v) is 6.18. The van der Waals surface area contributed by atoms with Gasteiger partial charge in [0.2, 0.25) is 11.0 Å². The third-order valence-electron chi connectivity index (χ3n) is 3.31. The van der Waals surface area contributed by atoms with Gasteiger partial charge in [0.1, 0.15) is 22.6 Å². The number of thioether (sulfide) groups is 1. The van der Waals surface area contributed by atoms with E-state index < -0.39 is 5.63 Å². The second kappa shape index (κ2) is 5.28. The van der Waals surface area contributed by atoms with E-state index in [1.54, 1.807) is 12.1 Å². The van der Waals surface area contributed by atoms with Crippen LogP contribution in [0.15, 0.2) is 53.7 Å². The third kappa shape index (κ3) is 2.34. The molecule has 3 heterocycles. The maximum absolute atomic E-state index is 12.1. The highest BCUT2D eigenvalue weighted by Gasteiger charge is 2.20. The summed E-state index contributed by atoms with van der Waals surface area (Å²) in [6, 6.07) is 7.14. The number of benzene rings is 1. The van der Waals surface area contributed by atoms with Crippen LogP contribution in [0.3, 0.4) is 0 Å². The van der Waals surface area contributed by atoms with Crippen molar-refractivity contribution in [2.75, 3.05) is 6.54 Å². The van der Waals surface area contributed by atoms with Crippen LogP contribution in [0, 0.1) is 0 Å². The molecule has 0 aliphatic carbocycles. The van der Waals surface area contributed by atoms with E-state index in [4.69, 9.17) is 16.6 Å². The summed E-state index contributed by atoms with van der Waals surface area (Å²) in [5.74, 6) is -0.234. The number of hydrogen-bond acceptors (Lipinski definition) is 6. The van der Waals surface area contributed by atoms with Gasteiger partial charge in [0.25, 0.3) is 0 Å². The van der Waals surface area contributed by atoms with Crippen LogP contribution >= 0.6 is 24.0 Å². The van der Waals surface area contributed by atoms with Crippen LogP contribution in [0.2, 0.25) is 0 Å². The van der Waals surface area contributed by atoms with Crippen molar-refractivity contribution in [3.05, 3.63) is 34.7 Å². The van der Waals surface area contributed by atoms with Gasteiger partial charge in [-0.1, -0.05) is 30.0 Å². The molecule has 0 amide bonds. The fraction of sp³-hybridized carbons (Fsp3) is 0.0714. The molecule has 1 aliphatic rings. The Balaban J connectivity index is 1.97. The zero-order chi connectivity index (χ0) is 16.0. The van der Waals surface area contributed by atoms with Gasteiger partial charge in [-0.05, 0) is 18.3 Å². The minimum atomic E-state index is -0.597. The number of aromatic amines is 1. The van der Waals surface area contributed by atoms with Crippen LogP contribution in [0.4, 0.5) is 0 Å². The van der Waals surface area contributed by atoms with E-state index in [0.29, 0.717) is 27.6 Å². The quantitative estimate of drug-likeness (QED) is 0.521. The molecule has 7 nitrogen and oxygen atoms in total. The molecule has 0 bridgehead atoms. The van der Waals surface area contributed by atoms with E-state index in [9.17, 15) is 9.90 Å². The smallest absolute Gasteiger partial charge is 0.349 e. The van der Waals surface area contributed by atoms with Gasteiger partial charge in [-0.2, -0.15) is 5.11 Å². The van der Waals surface area contributed by atoms with Crippen molar-refractivity contribution in [3.8, 4) is 5.88 Å². The van der Waals surface area contributed by atoms with Crippen LogP contribution < -0.4 is 5.63 Å². The fourth-order valence-corrected chi connectivity index (χ4v) is 3.58. The number of nitrogens with zero attached hydrogens (tertiary/aromatic N) is 3. The molecule has 4 rings (SSSR count). The molecule has 0 saturated carbocycles. The number of thiocarbonyl (C=S) groups is 1. The number of H-pyrrole nitrogens is 1. The summed E-state index contributed by atoms with van der Waals surface area (Å²) in [5, 5.41) is 20.4. The zero-order valence-electron chi connectivity index (χ0n) is 11.4. The van der Waals surface area contributed by atoms with Gasteiger partial charge in [-0.3, -0.25) is 0 Å². The third-order valence-corrected chi connectivity index (χ3v) is 4.45. The van der Waals surface area contributed by atoms with Crippen LogP contribution in [-0.2, 0) is 0 Å². The lowest BCUT2D eigenvalue weighted by molar-refractivity contribution is 0.457. The fourth-order valence-electron chi connectivity index (χ4n) is 2.40. The number of nitrogens with one attached hydrogen (secondary N) is 1. The minimum Gasteiger partial charge on any atom is -0.494 e. The van der Waals surface area contributed by atoms with E-state index in [1.807, 2.05) is 12.1 Å². The average molecular weight is 344 g/mol. The van der Waals surface area contributed by atoms with Crippen molar-refractivity contribution in [3.63, 3.8) is 0 Å². The Morgan fingerprint density at radius 2 is 2.13 bits per heavy atom. The van der Waals surface area contributed by atoms with Gasteiger partial charge >= 0.3 is 5.63 Å². The molecular weight excluding hydrogens is 336 g/mol. The van der Waals surface area contributed by atoms with Crippen LogP contribution in [0.1, 0.15) is 0 Å². The van der Waals surface area contributed by atoms with Gasteiger partial charge in [0.05, 0.1) is 5.03 Å². The Bertz CT molecular complexity index is 1080. The first kappa shape index (κ1) is 14.1. The maximum atomic E-state index is 12.1. The van der Waals surface area contributed by atoms with Crippen molar-refractivity contribution in [2.24, 2.45) is 15.2 Å². The number of aliphatic imine (C=N–C) groups is 1. The number of para-hydroxylation sites is 1. The Labute approximate surface area is 138 Å². The highest BCUT2D eigenvalue weighted by molar-refractivity contribution is 8.14. The lowest BCUT2D eigenvalue weighted by Crippen LogP contribution is -2.05. The second-order valence-electron chi connectivity index (χ2n) is 4.73. The molecule has 0 spiro atoms. The molecule has 1 aromatic carbocycles. The first-order valence-corrected chi connectivity index (χ1v) is 7.79. The molecule has 0 atom stereocenters. The molecule has 2 aromatic heterocycles. The van der Waals surface area contributed by atoms with E-state index in [-0.39, 0.29) is 16.4 Å². The average Bonchev–Trinajstić information content (AvgIpc) is 2.85. The van der Waals surface area contributed by atoms with Gasteiger partial charge in [0, 0.05) is 10.8 Å². The molecule has 0 saturated heterocycles. The molecule has 23 heavy (non-hydrogen) atoms. The Kier molecular flexibility index (Phi) is 3.24. The normalized spacial score (nSPS) is 14.6. The predicted molar refractivity (Wildman–Crippen MR) is 91.6 cm³/mol. The largest absolute Gasteiger partial charge is 0.494 e. The highest BCUT2D eigenvalue weighted by atomic mass is 32.2. The first-order chi connectivity index (χ1) is 11.1. The maximum Gasteiger partial charge on any atom is 0.349 e. The molecule has 0 radical (unpaired) electrons. The molecule has 3 aromatic rings. The molecule has 0 fully saturated rings. The molecular formula is C14H8N4O3S2. The Hall–Kier alpha value is -2.52. The molecule has 9 heteroatoms. The highest BCUT2D eigenvalue weighted by Crippen LogP contribution is 2.37. The molecule has 0 unspecified atom stereocenters. The summed E-state index contributed by atoms with van der Waals surface area (Å²) in [6.45, 7) is 0.297. The number of fused-ring (bicyclic) bond motifs is 3. The predicted octanol–water partition coefficient (Wildman–Crippen LogP) is 3.22. The number of hydrogen-bond donors (Lipinski definition) is 2. The van der Waals surface area contributed by atoms with E-state index in [1.165, 1.54) is 11.8 Å². The number of azo groups is 1. The van der Waals surface area contributed by atoms with Gasteiger partial charge in [-0.15, -0.1) is 5.11 Å². The van der Waals surface area contributed by atoms with Crippen molar-refractivity contribution >= 4 is 55.9 Å². The number of rotatable bonds is 1. The molecule has 1 aliphatic heterocycles. The van der Waals surface area contributed by atoms with E-state index in [2.05, 4.69) is 20.2 Å². The summed E-state index contributed by atoms with van der Waals surface area (Å²) < 4.78 is 5.25. The lowest BCUT2D eigenvalue weighted by atomic mass is 10.1. The monoisotopic (exact) mass is 344 g/mol.